The smallest absolute Gasteiger partial charge is 0.166 e. The third kappa shape index (κ3) is 3.99. The Morgan fingerprint density at radius 1 is 1.50 bits per heavy atom. The zero-order valence-electron chi connectivity index (χ0n) is 10.8. The Morgan fingerprint density at radius 2 is 2.28 bits per heavy atom. The average molecular weight is 267 g/mol. The number of rotatable bonds is 4. The van der Waals surface area contributed by atoms with Crippen LogP contribution in [0, 0.1) is 0 Å². The Labute approximate surface area is 114 Å². The Hall–Kier alpha value is -1.07. The highest BCUT2D eigenvalue weighted by atomic mass is 32.1. The van der Waals surface area contributed by atoms with E-state index in [0.29, 0.717) is 12.6 Å². The molecule has 2 rings (SSSR count). The standard InChI is InChI=1S/C13H21N3OS/c1-2-16-7-5-11(6-8-16)15-13(18)14-10-12-4-3-9-17-12/h3-4,9,11H,2,5-8,10H2,1H3,(H2,14,15,18). The van der Waals surface area contributed by atoms with E-state index >= 15 is 0 Å². The van der Waals surface area contributed by atoms with Crippen molar-refractivity contribution in [3.8, 4) is 0 Å². The van der Waals surface area contributed by atoms with E-state index in [2.05, 4.69) is 22.5 Å². The highest BCUT2D eigenvalue weighted by Gasteiger charge is 2.18. The summed E-state index contributed by atoms with van der Waals surface area (Å²) in [5.41, 5.74) is 0. The Morgan fingerprint density at radius 3 is 2.89 bits per heavy atom. The normalized spacial score (nSPS) is 17.6. The van der Waals surface area contributed by atoms with Crippen LogP contribution >= 0.6 is 12.2 Å². The van der Waals surface area contributed by atoms with E-state index in [0.717, 1.165) is 43.3 Å². The summed E-state index contributed by atoms with van der Waals surface area (Å²) in [6.45, 7) is 6.33. The van der Waals surface area contributed by atoms with Crippen molar-refractivity contribution in [2.75, 3.05) is 19.6 Å². The molecular formula is C13H21N3OS. The molecule has 5 heteroatoms. The van der Waals surface area contributed by atoms with Gasteiger partial charge in [0.2, 0.25) is 0 Å². The van der Waals surface area contributed by atoms with Gasteiger partial charge < -0.3 is 20.0 Å². The van der Waals surface area contributed by atoms with Gasteiger partial charge >= 0.3 is 0 Å². The molecule has 1 aromatic rings. The average Bonchev–Trinajstić information content (AvgIpc) is 2.90. The molecule has 18 heavy (non-hydrogen) atoms. The van der Waals surface area contributed by atoms with Gasteiger partial charge in [-0.15, -0.1) is 0 Å². The molecule has 100 valence electrons. The molecule has 4 nitrogen and oxygen atoms in total. The second-order valence-corrected chi connectivity index (χ2v) is 5.02. The third-order valence-corrected chi connectivity index (χ3v) is 3.64. The minimum Gasteiger partial charge on any atom is -0.467 e. The van der Waals surface area contributed by atoms with Crippen LogP contribution in [0.15, 0.2) is 22.8 Å². The lowest BCUT2D eigenvalue weighted by Gasteiger charge is -2.32. The molecule has 1 aliphatic heterocycles. The first-order valence-corrected chi connectivity index (χ1v) is 6.98. The van der Waals surface area contributed by atoms with Crippen molar-refractivity contribution < 1.29 is 4.42 Å². The predicted molar refractivity (Wildman–Crippen MR) is 76.4 cm³/mol. The number of likely N-dealkylation sites (tertiary alicyclic amines) is 1. The van der Waals surface area contributed by atoms with Crippen molar-refractivity contribution in [3.63, 3.8) is 0 Å². The Balaban J connectivity index is 1.65. The first-order valence-electron chi connectivity index (χ1n) is 6.57. The highest BCUT2D eigenvalue weighted by molar-refractivity contribution is 7.80. The van der Waals surface area contributed by atoms with E-state index in [9.17, 15) is 0 Å². The first kappa shape index (κ1) is 13.4. The summed E-state index contributed by atoms with van der Waals surface area (Å²) in [6, 6.07) is 4.33. The van der Waals surface area contributed by atoms with Crippen LogP contribution in [0.3, 0.4) is 0 Å². The van der Waals surface area contributed by atoms with E-state index in [-0.39, 0.29) is 0 Å². The Bertz CT molecular complexity index is 358. The second-order valence-electron chi connectivity index (χ2n) is 4.61. The van der Waals surface area contributed by atoms with Crippen LogP contribution in [0.1, 0.15) is 25.5 Å². The van der Waals surface area contributed by atoms with Crippen LogP contribution < -0.4 is 10.6 Å². The lowest BCUT2D eigenvalue weighted by molar-refractivity contribution is 0.215. The fraction of sp³-hybridized carbons (Fsp3) is 0.615. The fourth-order valence-corrected chi connectivity index (χ4v) is 2.45. The van der Waals surface area contributed by atoms with Gasteiger partial charge in [0, 0.05) is 19.1 Å². The van der Waals surface area contributed by atoms with Crippen molar-refractivity contribution >= 4 is 17.3 Å². The molecule has 1 saturated heterocycles. The Kier molecular flexibility index (Phi) is 5.01. The summed E-state index contributed by atoms with van der Waals surface area (Å²) in [5, 5.41) is 7.27. The van der Waals surface area contributed by atoms with E-state index in [1.54, 1.807) is 6.26 Å². The molecule has 0 radical (unpaired) electrons. The van der Waals surface area contributed by atoms with Crippen molar-refractivity contribution in [3.05, 3.63) is 24.2 Å². The van der Waals surface area contributed by atoms with Crippen molar-refractivity contribution in [1.82, 2.24) is 15.5 Å². The molecule has 0 aliphatic carbocycles. The largest absolute Gasteiger partial charge is 0.467 e. The molecule has 1 aromatic heterocycles. The number of nitrogens with one attached hydrogen (secondary N) is 2. The summed E-state index contributed by atoms with van der Waals surface area (Å²) in [4.78, 5) is 2.47. The lowest BCUT2D eigenvalue weighted by atomic mass is 10.1. The van der Waals surface area contributed by atoms with Crippen molar-refractivity contribution in [2.24, 2.45) is 0 Å². The fourth-order valence-electron chi connectivity index (χ4n) is 2.21. The number of hydrogen-bond donors (Lipinski definition) is 2. The topological polar surface area (TPSA) is 40.4 Å². The summed E-state index contributed by atoms with van der Waals surface area (Å²) in [6.07, 6.45) is 4.00. The summed E-state index contributed by atoms with van der Waals surface area (Å²) in [7, 11) is 0. The van der Waals surface area contributed by atoms with Gasteiger partial charge in [-0.25, -0.2) is 0 Å². The minimum atomic E-state index is 0.504. The number of piperidine rings is 1. The third-order valence-electron chi connectivity index (χ3n) is 3.37. The highest BCUT2D eigenvalue weighted by Crippen LogP contribution is 2.09. The SMILES string of the molecule is CCN1CCC(NC(=S)NCc2ccco2)CC1. The van der Waals surface area contributed by atoms with E-state index in [4.69, 9.17) is 16.6 Å². The van der Waals surface area contributed by atoms with Gasteiger partial charge in [-0.2, -0.15) is 0 Å². The quantitative estimate of drug-likeness (QED) is 0.813. The molecule has 0 spiro atoms. The maximum Gasteiger partial charge on any atom is 0.166 e. The van der Waals surface area contributed by atoms with Crippen LogP contribution in [0.5, 0.6) is 0 Å². The predicted octanol–water partition coefficient (Wildman–Crippen LogP) is 1.73. The zero-order valence-corrected chi connectivity index (χ0v) is 11.6. The minimum absolute atomic E-state index is 0.504. The molecule has 1 fully saturated rings. The van der Waals surface area contributed by atoms with Gasteiger partial charge in [0.25, 0.3) is 0 Å². The van der Waals surface area contributed by atoms with Crippen LogP contribution in [-0.2, 0) is 6.54 Å². The van der Waals surface area contributed by atoms with Gasteiger partial charge in [-0.05, 0) is 43.7 Å². The summed E-state index contributed by atoms with van der Waals surface area (Å²) < 4.78 is 5.25. The zero-order chi connectivity index (χ0) is 12.8. The monoisotopic (exact) mass is 267 g/mol. The molecule has 0 aromatic carbocycles. The van der Waals surface area contributed by atoms with E-state index < -0.39 is 0 Å². The number of thiocarbonyl (C=S) groups is 1. The first-order chi connectivity index (χ1) is 8.78. The van der Waals surface area contributed by atoms with Crippen LogP contribution in [0.4, 0.5) is 0 Å². The molecule has 0 bridgehead atoms. The lowest BCUT2D eigenvalue weighted by Crippen LogP contribution is -2.47. The maximum absolute atomic E-state index is 5.29. The second kappa shape index (κ2) is 6.75. The molecule has 0 unspecified atom stereocenters. The van der Waals surface area contributed by atoms with Crippen molar-refractivity contribution in [1.29, 1.82) is 0 Å². The molecule has 2 N–H and O–H groups in total. The van der Waals surface area contributed by atoms with Gasteiger partial charge in [-0.1, -0.05) is 6.92 Å². The van der Waals surface area contributed by atoms with Crippen LogP contribution in [0.2, 0.25) is 0 Å². The molecular weight excluding hydrogens is 246 g/mol. The maximum atomic E-state index is 5.29. The molecule has 1 aliphatic rings. The molecule has 0 saturated carbocycles. The van der Waals surface area contributed by atoms with E-state index in [1.165, 1.54) is 0 Å². The van der Waals surface area contributed by atoms with Crippen molar-refractivity contribution in [2.45, 2.75) is 32.4 Å². The van der Waals surface area contributed by atoms with Gasteiger partial charge in [-0.3, -0.25) is 0 Å². The molecule has 0 atom stereocenters. The van der Waals surface area contributed by atoms with Crippen LogP contribution in [0.25, 0.3) is 0 Å². The summed E-state index contributed by atoms with van der Waals surface area (Å²) >= 11 is 5.29. The summed E-state index contributed by atoms with van der Waals surface area (Å²) in [5.74, 6) is 0.903. The number of furan rings is 1. The van der Waals surface area contributed by atoms with Crippen LogP contribution in [-0.4, -0.2) is 35.7 Å². The van der Waals surface area contributed by atoms with Gasteiger partial charge in [0.15, 0.2) is 5.11 Å². The van der Waals surface area contributed by atoms with Gasteiger partial charge in [0.1, 0.15) is 5.76 Å². The number of nitrogens with zero attached hydrogens (tertiary/aromatic N) is 1. The molecule has 0 amide bonds. The molecule has 2 heterocycles. The van der Waals surface area contributed by atoms with E-state index in [1.807, 2.05) is 12.1 Å². The number of hydrogen-bond acceptors (Lipinski definition) is 3. The van der Waals surface area contributed by atoms with Gasteiger partial charge in [0.05, 0.1) is 12.8 Å².